The minimum Gasteiger partial charge on any atom is -0.394 e. The normalized spacial score (nSPS) is 15.3. The highest BCUT2D eigenvalue weighted by Crippen LogP contribution is 2.40. The van der Waals surface area contributed by atoms with Gasteiger partial charge in [0.1, 0.15) is 11.6 Å². The molecule has 0 unspecified atom stereocenters. The molecule has 0 bridgehead atoms. The SMILES string of the molecule is Cc1ccc(Nc2cc(C3CC3)nc(N[C@@H](C)CO)n2)cc1F. The predicted molar refractivity (Wildman–Crippen MR) is 88.6 cm³/mol. The van der Waals surface area contributed by atoms with E-state index in [9.17, 15) is 9.50 Å². The van der Waals surface area contributed by atoms with Gasteiger partial charge in [-0.15, -0.1) is 0 Å². The highest BCUT2D eigenvalue weighted by Gasteiger charge is 2.26. The summed E-state index contributed by atoms with van der Waals surface area (Å²) < 4.78 is 13.7. The maximum Gasteiger partial charge on any atom is 0.225 e. The average Bonchev–Trinajstić information content (AvgIpc) is 3.35. The molecule has 1 atom stereocenters. The Labute approximate surface area is 135 Å². The van der Waals surface area contributed by atoms with E-state index >= 15 is 0 Å². The lowest BCUT2D eigenvalue weighted by Crippen LogP contribution is -2.21. The van der Waals surface area contributed by atoms with Gasteiger partial charge in [0, 0.05) is 23.7 Å². The van der Waals surface area contributed by atoms with Gasteiger partial charge in [-0.3, -0.25) is 0 Å². The highest BCUT2D eigenvalue weighted by molar-refractivity contribution is 5.58. The molecule has 3 N–H and O–H groups in total. The number of benzene rings is 1. The third-order valence-corrected chi connectivity index (χ3v) is 3.84. The summed E-state index contributed by atoms with van der Waals surface area (Å²) in [7, 11) is 0. The first-order valence-electron chi connectivity index (χ1n) is 7.84. The molecule has 5 nitrogen and oxygen atoms in total. The van der Waals surface area contributed by atoms with E-state index in [1.54, 1.807) is 13.0 Å². The van der Waals surface area contributed by atoms with Gasteiger partial charge < -0.3 is 15.7 Å². The number of nitrogens with zero attached hydrogens (tertiary/aromatic N) is 2. The van der Waals surface area contributed by atoms with E-state index in [-0.39, 0.29) is 18.5 Å². The molecule has 1 aromatic carbocycles. The molecule has 1 aromatic heterocycles. The number of hydrogen-bond donors (Lipinski definition) is 3. The van der Waals surface area contributed by atoms with Crippen LogP contribution >= 0.6 is 0 Å². The first-order chi connectivity index (χ1) is 11.0. The topological polar surface area (TPSA) is 70.1 Å². The summed E-state index contributed by atoms with van der Waals surface area (Å²) in [6.07, 6.45) is 2.26. The Morgan fingerprint density at radius 1 is 1.30 bits per heavy atom. The van der Waals surface area contributed by atoms with Gasteiger partial charge in [0.25, 0.3) is 0 Å². The minimum atomic E-state index is -0.251. The standard InChI is InChI=1S/C17H21FN4O/c1-10-3-6-13(7-14(10)18)20-16-8-15(12-4-5-12)21-17(22-16)19-11(2)9-23/h3,6-8,11-12,23H,4-5,9H2,1-2H3,(H2,19,20,21,22)/t11-/m0/s1. The van der Waals surface area contributed by atoms with Crippen LogP contribution in [0.3, 0.4) is 0 Å². The highest BCUT2D eigenvalue weighted by atomic mass is 19.1. The van der Waals surface area contributed by atoms with E-state index in [0.717, 1.165) is 18.5 Å². The van der Waals surface area contributed by atoms with E-state index in [1.165, 1.54) is 6.07 Å². The fraction of sp³-hybridized carbons (Fsp3) is 0.412. The Balaban J connectivity index is 1.86. The molecule has 1 fully saturated rings. The van der Waals surface area contributed by atoms with E-state index in [0.29, 0.717) is 28.9 Å². The monoisotopic (exact) mass is 316 g/mol. The summed E-state index contributed by atoms with van der Waals surface area (Å²) in [6, 6.07) is 6.78. The third-order valence-electron chi connectivity index (χ3n) is 3.84. The first kappa shape index (κ1) is 15.7. The fourth-order valence-corrected chi connectivity index (χ4v) is 2.27. The van der Waals surface area contributed by atoms with Crippen molar-refractivity contribution in [2.75, 3.05) is 17.2 Å². The van der Waals surface area contributed by atoms with Crippen LogP contribution in [0.2, 0.25) is 0 Å². The van der Waals surface area contributed by atoms with Crippen molar-refractivity contribution in [3.63, 3.8) is 0 Å². The number of aliphatic hydroxyl groups excluding tert-OH is 1. The first-order valence-corrected chi connectivity index (χ1v) is 7.84. The summed E-state index contributed by atoms with van der Waals surface area (Å²) in [6.45, 7) is 3.59. The van der Waals surface area contributed by atoms with Gasteiger partial charge in [0.15, 0.2) is 0 Å². The summed E-state index contributed by atoms with van der Waals surface area (Å²) in [4.78, 5) is 8.92. The van der Waals surface area contributed by atoms with Gasteiger partial charge in [0.2, 0.25) is 5.95 Å². The number of rotatable bonds is 6. The van der Waals surface area contributed by atoms with E-state index in [1.807, 2.05) is 19.1 Å². The van der Waals surface area contributed by atoms with Crippen molar-refractivity contribution in [3.8, 4) is 0 Å². The van der Waals surface area contributed by atoms with Crippen LogP contribution in [0, 0.1) is 12.7 Å². The number of aliphatic hydroxyl groups is 1. The molecule has 0 aliphatic heterocycles. The van der Waals surface area contributed by atoms with E-state index < -0.39 is 0 Å². The quantitative estimate of drug-likeness (QED) is 0.762. The molecule has 1 saturated carbocycles. The van der Waals surface area contributed by atoms with Crippen LogP contribution in [0.4, 0.5) is 21.8 Å². The largest absolute Gasteiger partial charge is 0.394 e. The number of halogens is 1. The smallest absolute Gasteiger partial charge is 0.225 e. The van der Waals surface area contributed by atoms with Crippen molar-refractivity contribution in [3.05, 3.63) is 41.3 Å². The third kappa shape index (κ3) is 3.96. The molecule has 1 aliphatic rings. The number of nitrogens with one attached hydrogen (secondary N) is 2. The Morgan fingerprint density at radius 3 is 2.74 bits per heavy atom. The van der Waals surface area contributed by atoms with Crippen LogP contribution < -0.4 is 10.6 Å². The van der Waals surface area contributed by atoms with E-state index in [4.69, 9.17) is 0 Å². The van der Waals surface area contributed by atoms with Gasteiger partial charge in [0.05, 0.1) is 12.3 Å². The molecule has 0 spiro atoms. The predicted octanol–water partition coefficient (Wildman–Crippen LogP) is 3.34. The zero-order valence-corrected chi connectivity index (χ0v) is 13.3. The van der Waals surface area contributed by atoms with Crippen molar-refractivity contribution in [2.24, 2.45) is 0 Å². The number of aromatic nitrogens is 2. The molecule has 6 heteroatoms. The molecule has 1 aliphatic carbocycles. The molecule has 122 valence electrons. The van der Waals surface area contributed by atoms with Crippen LogP contribution in [0.5, 0.6) is 0 Å². The van der Waals surface area contributed by atoms with Gasteiger partial charge in [-0.1, -0.05) is 6.07 Å². The van der Waals surface area contributed by atoms with Crippen LogP contribution in [0.15, 0.2) is 24.3 Å². The zero-order valence-electron chi connectivity index (χ0n) is 13.3. The molecule has 2 aromatic rings. The molecule has 0 saturated heterocycles. The maximum atomic E-state index is 13.7. The lowest BCUT2D eigenvalue weighted by Gasteiger charge is -2.14. The van der Waals surface area contributed by atoms with Crippen LogP contribution in [-0.2, 0) is 0 Å². The second kappa shape index (κ2) is 6.50. The lowest BCUT2D eigenvalue weighted by molar-refractivity contribution is 0.281. The minimum absolute atomic E-state index is 0.00293. The summed E-state index contributed by atoms with van der Waals surface area (Å²) >= 11 is 0. The molecule has 0 amide bonds. The summed E-state index contributed by atoms with van der Waals surface area (Å²) in [5.41, 5.74) is 2.23. The number of aryl methyl sites for hydroxylation is 1. The molecule has 3 rings (SSSR count). The molecule has 0 radical (unpaired) electrons. The van der Waals surface area contributed by atoms with Gasteiger partial charge in [-0.05, 0) is 44.4 Å². The summed E-state index contributed by atoms with van der Waals surface area (Å²) in [5, 5.41) is 15.4. The van der Waals surface area contributed by atoms with Crippen molar-refractivity contribution >= 4 is 17.5 Å². The molecule has 1 heterocycles. The zero-order chi connectivity index (χ0) is 16.4. The second-order valence-corrected chi connectivity index (χ2v) is 6.09. The van der Waals surface area contributed by atoms with Crippen molar-refractivity contribution in [2.45, 2.75) is 38.6 Å². The van der Waals surface area contributed by atoms with Gasteiger partial charge >= 0.3 is 0 Å². The average molecular weight is 316 g/mol. The molecular formula is C17H21FN4O. The Morgan fingerprint density at radius 2 is 2.09 bits per heavy atom. The fourth-order valence-electron chi connectivity index (χ4n) is 2.27. The van der Waals surface area contributed by atoms with Crippen LogP contribution in [0.25, 0.3) is 0 Å². The Kier molecular flexibility index (Phi) is 4.43. The summed E-state index contributed by atoms with van der Waals surface area (Å²) in [5.74, 6) is 1.32. The second-order valence-electron chi connectivity index (χ2n) is 6.09. The number of anilines is 3. The Bertz CT molecular complexity index is 703. The molecule has 23 heavy (non-hydrogen) atoms. The van der Waals surface area contributed by atoms with Crippen molar-refractivity contribution in [1.29, 1.82) is 0 Å². The van der Waals surface area contributed by atoms with E-state index in [2.05, 4.69) is 20.6 Å². The lowest BCUT2D eigenvalue weighted by atomic mass is 10.2. The van der Waals surface area contributed by atoms with Gasteiger partial charge in [-0.2, -0.15) is 4.98 Å². The van der Waals surface area contributed by atoms with Crippen molar-refractivity contribution < 1.29 is 9.50 Å². The van der Waals surface area contributed by atoms with Crippen LogP contribution in [0.1, 0.15) is 36.9 Å². The number of hydrogen-bond acceptors (Lipinski definition) is 5. The Hall–Kier alpha value is -2.21. The van der Waals surface area contributed by atoms with Crippen LogP contribution in [-0.4, -0.2) is 27.7 Å². The van der Waals surface area contributed by atoms with Crippen molar-refractivity contribution in [1.82, 2.24) is 9.97 Å². The van der Waals surface area contributed by atoms with Gasteiger partial charge in [-0.25, -0.2) is 9.37 Å². The molecular weight excluding hydrogens is 295 g/mol. The maximum absolute atomic E-state index is 13.7.